The second kappa shape index (κ2) is 7.33. The average Bonchev–Trinajstić information content (AvgIpc) is 2.37. The lowest BCUT2D eigenvalue weighted by Gasteiger charge is -2.36. The molecule has 0 spiro atoms. The van der Waals surface area contributed by atoms with Crippen LogP contribution in [0.2, 0.25) is 0 Å². The molecule has 0 aromatic heterocycles. The largest absolute Gasteiger partial charge is 0.480 e. The number of nitrogens with one attached hydrogen (secondary N) is 2. The minimum absolute atomic E-state index is 0.381. The van der Waals surface area contributed by atoms with Gasteiger partial charge in [-0.1, -0.05) is 6.92 Å². The van der Waals surface area contributed by atoms with Crippen molar-refractivity contribution in [2.45, 2.75) is 45.1 Å². The van der Waals surface area contributed by atoms with Crippen LogP contribution in [0.15, 0.2) is 0 Å². The molecule has 0 aromatic rings. The van der Waals surface area contributed by atoms with E-state index in [1.54, 1.807) is 0 Å². The third kappa shape index (κ3) is 4.70. The van der Waals surface area contributed by atoms with Gasteiger partial charge in [0, 0.05) is 13.2 Å². The molecular formula is C13H24N2O4. The Morgan fingerprint density at radius 1 is 1.37 bits per heavy atom. The SMILES string of the molecule is CCOCCNC(=O)NC1(C(=O)O)CCC(C)CC1. The third-order valence-corrected chi connectivity index (χ3v) is 3.63. The van der Waals surface area contributed by atoms with E-state index in [4.69, 9.17) is 4.74 Å². The Morgan fingerprint density at radius 2 is 2.00 bits per heavy atom. The smallest absolute Gasteiger partial charge is 0.329 e. The number of urea groups is 1. The van der Waals surface area contributed by atoms with Crippen LogP contribution in [0.4, 0.5) is 4.79 Å². The Morgan fingerprint density at radius 3 is 2.53 bits per heavy atom. The molecule has 0 aliphatic heterocycles. The predicted molar refractivity (Wildman–Crippen MR) is 71.0 cm³/mol. The average molecular weight is 272 g/mol. The number of carboxylic acid groups (broad SMARTS) is 1. The van der Waals surface area contributed by atoms with E-state index in [1.165, 1.54) is 0 Å². The fraction of sp³-hybridized carbons (Fsp3) is 0.846. The van der Waals surface area contributed by atoms with Gasteiger partial charge in [-0.15, -0.1) is 0 Å². The Kier molecular flexibility index (Phi) is 6.08. The van der Waals surface area contributed by atoms with Crippen molar-refractivity contribution in [3.63, 3.8) is 0 Å². The summed E-state index contributed by atoms with van der Waals surface area (Å²) >= 11 is 0. The molecule has 1 fully saturated rings. The van der Waals surface area contributed by atoms with Crippen LogP contribution in [-0.4, -0.2) is 42.4 Å². The topological polar surface area (TPSA) is 87.7 Å². The summed E-state index contributed by atoms with van der Waals surface area (Å²) in [7, 11) is 0. The van der Waals surface area contributed by atoms with Crippen LogP contribution in [0.5, 0.6) is 0 Å². The van der Waals surface area contributed by atoms with Crippen molar-refractivity contribution in [1.82, 2.24) is 10.6 Å². The van der Waals surface area contributed by atoms with Crippen LogP contribution in [-0.2, 0) is 9.53 Å². The minimum Gasteiger partial charge on any atom is -0.480 e. The Hall–Kier alpha value is -1.30. The van der Waals surface area contributed by atoms with Gasteiger partial charge in [-0.2, -0.15) is 0 Å². The number of hydrogen-bond acceptors (Lipinski definition) is 3. The number of amides is 2. The number of ether oxygens (including phenoxy) is 1. The molecule has 0 unspecified atom stereocenters. The van der Waals surface area contributed by atoms with Gasteiger partial charge in [0.1, 0.15) is 5.54 Å². The van der Waals surface area contributed by atoms with Crippen molar-refractivity contribution < 1.29 is 19.4 Å². The van der Waals surface area contributed by atoms with Gasteiger partial charge < -0.3 is 20.5 Å². The molecule has 0 aromatic carbocycles. The molecule has 6 heteroatoms. The van der Waals surface area contributed by atoms with E-state index < -0.39 is 17.5 Å². The Labute approximate surface area is 113 Å². The van der Waals surface area contributed by atoms with Crippen LogP contribution < -0.4 is 10.6 Å². The second-order valence-corrected chi connectivity index (χ2v) is 5.15. The second-order valence-electron chi connectivity index (χ2n) is 5.15. The van der Waals surface area contributed by atoms with Crippen molar-refractivity contribution in [3.8, 4) is 0 Å². The number of carbonyl (C=O) groups excluding carboxylic acids is 1. The van der Waals surface area contributed by atoms with E-state index in [1.807, 2.05) is 6.92 Å². The molecule has 0 radical (unpaired) electrons. The summed E-state index contributed by atoms with van der Waals surface area (Å²) in [6, 6.07) is -0.434. The van der Waals surface area contributed by atoms with E-state index in [0.717, 1.165) is 12.8 Å². The van der Waals surface area contributed by atoms with Gasteiger partial charge in [-0.3, -0.25) is 0 Å². The van der Waals surface area contributed by atoms with Crippen molar-refractivity contribution in [2.24, 2.45) is 5.92 Å². The quantitative estimate of drug-likeness (QED) is 0.637. The highest BCUT2D eigenvalue weighted by molar-refractivity contribution is 5.86. The highest BCUT2D eigenvalue weighted by Crippen LogP contribution is 2.32. The first-order valence-corrected chi connectivity index (χ1v) is 6.87. The molecule has 6 nitrogen and oxygen atoms in total. The fourth-order valence-corrected chi connectivity index (χ4v) is 2.29. The summed E-state index contributed by atoms with van der Waals surface area (Å²) in [5.74, 6) is -0.422. The van der Waals surface area contributed by atoms with Crippen LogP contribution in [0.25, 0.3) is 0 Å². The number of hydrogen-bond donors (Lipinski definition) is 3. The lowest BCUT2D eigenvalue weighted by atomic mass is 9.77. The standard InChI is InChI=1S/C13H24N2O4/c1-3-19-9-8-14-12(18)15-13(11(16)17)6-4-10(2)5-7-13/h10H,3-9H2,1-2H3,(H,16,17)(H2,14,15,18). The molecule has 3 N–H and O–H groups in total. The predicted octanol–water partition coefficient (Wildman–Crippen LogP) is 1.36. The van der Waals surface area contributed by atoms with Gasteiger partial charge >= 0.3 is 12.0 Å². The molecule has 0 atom stereocenters. The Balaban J connectivity index is 2.45. The van der Waals surface area contributed by atoms with Crippen molar-refractivity contribution in [2.75, 3.05) is 19.8 Å². The van der Waals surface area contributed by atoms with Gasteiger partial charge in [-0.05, 0) is 38.5 Å². The monoisotopic (exact) mass is 272 g/mol. The van der Waals surface area contributed by atoms with Gasteiger partial charge in [-0.25, -0.2) is 9.59 Å². The molecule has 1 saturated carbocycles. The molecule has 1 aliphatic rings. The van der Waals surface area contributed by atoms with Crippen LogP contribution in [0, 0.1) is 5.92 Å². The molecule has 19 heavy (non-hydrogen) atoms. The highest BCUT2D eigenvalue weighted by atomic mass is 16.5. The maximum atomic E-state index is 11.7. The number of rotatable bonds is 6. The summed E-state index contributed by atoms with van der Waals surface area (Å²) in [5.41, 5.74) is -1.11. The summed E-state index contributed by atoms with van der Waals surface area (Å²) in [5, 5.41) is 14.6. The van der Waals surface area contributed by atoms with Crippen LogP contribution in [0.1, 0.15) is 39.5 Å². The number of carboxylic acids is 1. The summed E-state index contributed by atoms with van der Waals surface area (Å²) in [6.45, 7) is 5.39. The first-order chi connectivity index (χ1) is 9.00. The molecule has 0 heterocycles. The Bertz CT molecular complexity index is 312. The van der Waals surface area contributed by atoms with Gasteiger partial charge in [0.05, 0.1) is 6.61 Å². The van der Waals surface area contributed by atoms with E-state index in [9.17, 15) is 14.7 Å². The zero-order chi connectivity index (χ0) is 14.3. The van der Waals surface area contributed by atoms with E-state index in [-0.39, 0.29) is 0 Å². The van der Waals surface area contributed by atoms with Crippen molar-refractivity contribution in [1.29, 1.82) is 0 Å². The van der Waals surface area contributed by atoms with Crippen molar-refractivity contribution >= 4 is 12.0 Å². The van der Waals surface area contributed by atoms with E-state index in [2.05, 4.69) is 17.6 Å². The number of carbonyl (C=O) groups is 2. The van der Waals surface area contributed by atoms with E-state index >= 15 is 0 Å². The third-order valence-electron chi connectivity index (χ3n) is 3.63. The molecule has 0 saturated heterocycles. The first kappa shape index (κ1) is 15.8. The zero-order valence-corrected chi connectivity index (χ0v) is 11.7. The normalized spacial score (nSPS) is 26.7. The van der Waals surface area contributed by atoms with Crippen molar-refractivity contribution in [3.05, 3.63) is 0 Å². The maximum absolute atomic E-state index is 11.7. The fourth-order valence-electron chi connectivity index (χ4n) is 2.29. The number of aliphatic carboxylic acids is 1. The van der Waals surface area contributed by atoms with Gasteiger partial charge in [0.2, 0.25) is 0 Å². The lowest BCUT2D eigenvalue weighted by Crippen LogP contribution is -2.58. The molecular weight excluding hydrogens is 248 g/mol. The summed E-state index contributed by atoms with van der Waals surface area (Å²) in [6.07, 6.45) is 2.63. The van der Waals surface area contributed by atoms with E-state index in [0.29, 0.717) is 38.5 Å². The highest BCUT2D eigenvalue weighted by Gasteiger charge is 2.42. The van der Waals surface area contributed by atoms with Gasteiger partial charge in [0.25, 0.3) is 0 Å². The molecule has 2 amide bonds. The van der Waals surface area contributed by atoms with Crippen LogP contribution >= 0.6 is 0 Å². The molecule has 1 aliphatic carbocycles. The maximum Gasteiger partial charge on any atom is 0.329 e. The molecule has 0 bridgehead atoms. The van der Waals surface area contributed by atoms with Gasteiger partial charge in [0.15, 0.2) is 0 Å². The summed E-state index contributed by atoms with van der Waals surface area (Å²) < 4.78 is 5.10. The molecule has 1 rings (SSSR count). The summed E-state index contributed by atoms with van der Waals surface area (Å²) in [4.78, 5) is 23.2. The first-order valence-electron chi connectivity index (χ1n) is 6.87. The minimum atomic E-state index is -1.11. The van der Waals surface area contributed by atoms with Crippen LogP contribution in [0.3, 0.4) is 0 Å². The molecule has 110 valence electrons. The lowest BCUT2D eigenvalue weighted by molar-refractivity contribution is -0.146. The zero-order valence-electron chi connectivity index (χ0n) is 11.7.